The SMILES string of the molecule is CC1CCCCCC1NC(=O)c1cc(Br)cn1C1CC1. The largest absolute Gasteiger partial charge is 0.348 e. The van der Waals surface area contributed by atoms with Crippen molar-refractivity contribution in [3.63, 3.8) is 0 Å². The summed E-state index contributed by atoms with van der Waals surface area (Å²) < 4.78 is 3.14. The van der Waals surface area contributed by atoms with E-state index in [1.165, 1.54) is 38.5 Å². The summed E-state index contributed by atoms with van der Waals surface area (Å²) in [6.07, 6.45) is 10.6. The number of nitrogens with one attached hydrogen (secondary N) is 1. The van der Waals surface area contributed by atoms with E-state index in [0.717, 1.165) is 16.6 Å². The van der Waals surface area contributed by atoms with Crippen LogP contribution in [-0.4, -0.2) is 16.5 Å². The first kappa shape index (κ1) is 14.2. The highest BCUT2D eigenvalue weighted by atomic mass is 79.9. The molecular weight excluding hydrogens is 316 g/mol. The second-order valence-electron chi connectivity index (χ2n) is 6.38. The number of nitrogens with zero attached hydrogens (tertiary/aromatic N) is 1. The third kappa shape index (κ3) is 3.11. The van der Waals surface area contributed by atoms with Crippen LogP contribution in [0.2, 0.25) is 0 Å². The van der Waals surface area contributed by atoms with Crippen molar-refractivity contribution in [3.05, 3.63) is 22.4 Å². The molecule has 1 N–H and O–H groups in total. The first-order valence-corrected chi connectivity index (χ1v) is 8.62. The molecule has 3 nitrogen and oxygen atoms in total. The van der Waals surface area contributed by atoms with Gasteiger partial charge in [0.1, 0.15) is 5.69 Å². The van der Waals surface area contributed by atoms with Crippen molar-refractivity contribution >= 4 is 21.8 Å². The number of carbonyl (C=O) groups is 1. The van der Waals surface area contributed by atoms with E-state index in [9.17, 15) is 4.79 Å². The highest BCUT2D eigenvalue weighted by Gasteiger charge is 2.29. The Labute approximate surface area is 129 Å². The summed E-state index contributed by atoms with van der Waals surface area (Å²) in [6.45, 7) is 2.27. The average molecular weight is 339 g/mol. The topological polar surface area (TPSA) is 34.0 Å². The highest BCUT2D eigenvalue weighted by Crippen LogP contribution is 2.37. The Hall–Kier alpha value is -0.770. The number of rotatable bonds is 3. The first-order chi connectivity index (χ1) is 9.65. The van der Waals surface area contributed by atoms with Crippen LogP contribution < -0.4 is 5.32 Å². The molecule has 1 aromatic heterocycles. The normalized spacial score (nSPS) is 27.1. The Bertz CT molecular complexity index is 493. The molecule has 2 aliphatic rings. The van der Waals surface area contributed by atoms with Crippen LogP contribution in [0.15, 0.2) is 16.7 Å². The zero-order valence-corrected chi connectivity index (χ0v) is 13.7. The fourth-order valence-corrected chi connectivity index (χ4v) is 3.67. The molecule has 1 amide bonds. The van der Waals surface area contributed by atoms with Gasteiger partial charge in [0.25, 0.3) is 5.91 Å². The molecule has 110 valence electrons. The van der Waals surface area contributed by atoms with Crippen molar-refractivity contribution in [2.75, 3.05) is 0 Å². The smallest absolute Gasteiger partial charge is 0.268 e. The Morgan fingerprint density at radius 1 is 1.25 bits per heavy atom. The van der Waals surface area contributed by atoms with E-state index in [1.54, 1.807) is 0 Å². The molecule has 2 aliphatic carbocycles. The third-order valence-electron chi connectivity index (χ3n) is 4.67. The second kappa shape index (κ2) is 5.92. The Kier molecular flexibility index (Phi) is 4.20. The summed E-state index contributed by atoms with van der Waals surface area (Å²) in [6, 6.07) is 2.83. The molecule has 0 aliphatic heterocycles. The lowest BCUT2D eigenvalue weighted by atomic mass is 9.97. The minimum atomic E-state index is 0.0985. The van der Waals surface area contributed by atoms with Crippen LogP contribution in [0.4, 0.5) is 0 Å². The minimum absolute atomic E-state index is 0.0985. The molecule has 0 radical (unpaired) electrons. The van der Waals surface area contributed by atoms with Gasteiger partial charge in [-0.25, -0.2) is 0 Å². The molecule has 0 bridgehead atoms. The average Bonchev–Trinajstić information content (AvgIpc) is 3.20. The molecule has 0 aromatic carbocycles. The number of aromatic nitrogens is 1. The summed E-state index contributed by atoms with van der Waals surface area (Å²) in [7, 11) is 0. The summed E-state index contributed by atoms with van der Waals surface area (Å²) in [4.78, 5) is 12.6. The predicted molar refractivity (Wildman–Crippen MR) is 83.9 cm³/mol. The molecule has 2 fully saturated rings. The zero-order chi connectivity index (χ0) is 14.1. The molecular formula is C16H23BrN2O. The van der Waals surface area contributed by atoms with Crippen LogP contribution in [0, 0.1) is 5.92 Å². The predicted octanol–water partition coefficient (Wildman–Crippen LogP) is 4.28. The highest BCUT2D eigenvalue weighted by molar-refractivity contribution is 9.10. The molecule has 3 rings (SSSR count). The van der Waals surface area contributed by atoms with E-state index in [4.69, 9.17) is 0 Å². The summed E-state index contributed by atoms with van der Waals surface area (Å²) in [5.74, 6) is 0.690. The Morgan fingerprint density at radius 3 is 2.75 bits per heavy atom. The van der Waals surface area contributed by atoms with Gasteiger partial charge in [-0.2, -0.15) is 0 Å². The van der Waals surface area contributed by atoms with Crippen molar-refractivity contribution in [3.8, 4) is 0 Å². The quantitative estimate of drug-likeness (QED) is 0.819. The van der Waals surface area contributed by atoms with Crippen molar-refractivity contribution < 1.29 is 4.79 Å². The lowest BCUT2D eigenvalue weighted by molar-refractivity contribution is 0.0912. The van der Waals surface area contributed by atoms with Crippen LogP contribution in [0.25, 0.3) is 0 Å². The van der Waals surface area contributed by atoms with Crippen LogP contribution in [-0.2, 0) is 0 Å². The van der Waals surface area contributed by atoms with Crippen molar-refractivity contribution in [2.45, 2.75) is 64.0 Å². The Morgan fingerprint density at radius 2 is 2.00 bits per heavy atom. The summed E-state index contributed by atoms with van der Waals surface area (Å²) in [5.41, 5.74) is 0.816. The molecule has 0 saturated heterocycles. The van der Waals surface area contributed by atoms with Gasteiger partial charge in [0.2, 0.25) is 0 Å². The molecule has 2 atom stereocenters. The van der Waals surface area contributed by atoms with Gasteiger partial charge in [0.15, 0.2) is 0 Å². The van der Waals surface area contributed by atoms with Gasteiger partial charge in [-0.3, -0.25) is 4.79 Å². The lowest BCUT2D eigenvalue weighted by Crippen LogP contribution is -2.39. The molecule has 20 heavy (non-hydrogen) atoms. The van der Waals surface area contributed by atoms with Crippen LogP contribution >= 0.6 is 15.9 Å². The molecule has 1 heterocycles. The zero-order valence-electron chi connectivity index (χ0n) is 12.1. The standard InChI is InChI=1S/C16H23BrN2O/c1-11-5-3-2-4-6-14(11)18-16(20)15-9-12(17)10-19(15)13-7-8-13/h9-11,13-14H,2-8H2,1H3,(H,18,20). The maximum absolute atomic E-state index is 12.6. The molecule has 0 spiro atoms. The molecule has 2 saturated carbocycles. The van der Waals surface area contributed by atoms with Gasteiger partial charge in [-0.05, 0) is 53.6 Å². The van der Waals surface area contributed by atoms with Gasteiger partial charge in [0, 0.05) is 22.8 Å². The van der Waals surface area contributed by atoms with Gasteiger partial charge in [-0.1, -0.05) is 26.2 Å². The minimum Gasteiger partial charge on any atom is -0.348 e. The monoisotopic (exact) mass is 338 g/mol. The fourth-order valence-electron chi connectivity index (χ4n) is 3.23. The van der Waals surface area contributed by atoms with Gasteiger partial charge >= 0.3 is 0 Å². The number of hydrogen-bond donors (Lipinski definition) is 1. The molecule has 1 aromatic rings. The Balaban J connectivity index is 1.72. The van der Waals surface area contributed by atoms with Gasteiger partial charge in [0.05, 0.1) is 0 Å². The van der Waals surface area contributed by atoms with E-state index in [0.29, 0.717) is 18.0 Å². The van der Waals surface area contributed by atoms with E-state index in [-0.39, 0.29) is 5.91 Å². The number of halogens is 1. The van der Waals surface area contributed by atoms with E-state index in [1.807, 2.05) is 12.3 Å². The van der Waals surface area contributed by atoms with E-state index >= 15 is 0 Å². The maximum atomic E-state index is 12.6. The summed E-state index contributed by atoms with van der Waals surface area (Å²) >= 11 is 3.50. The van der Waals surface area contributed by atoms with Crippen LogP contribution in [0.1, 0.15) is 68.4 Å². The summed E-state index contributed by atoms with van der Waals surface area (Å²) in [5, 5.41) is 3.28. The number of amides is 1. The molecule has 2 unspecified atom stereocenters. The van der Waals surface area contributed by atoms with Gasteiger partial charge < -0.3 is 9.88 Å². The van der Waals surface area contributed by atoms with E-state index in [2.05, 4.69) is 32.7 Å². The van der Waals surface area contributed by atoms with Gasteiger partial charge in [-0.15, -0.1) is 0 Å². The maximum Gasteiger partial charge on any atom is 0.268 e. The molecule has 4 heteroatoms. The first-order valence-electron chi connectivity index (χ1n) is 7.83. The fraction of sp³-hybridized carbons (Fsp3) is 0.688. The lowest BCUT2D eigenvalue weighted by Gasteiger charge is -2.23. The number of hydrogen-bond acceptors (Lipinski definition) is 1. The van der Waals surface area contributed by atoms with Crippen molar-refractivity contribution in [2.24, 2.45) is 5.92 Å². The third-order valence-corrected chi connectivity index (χ3v) is 5.10. The van der Waals surface area contributed by atoms with E-state index < -0.39 is 0 Å². The van der Waals surface area contributed by atoms with Crippen molar-refractivity contribution in [1.29, 1.82) is 0 Å². The second-order valence-corrected chi connectivity index (χ2v) is 7.29. The van der Waals surface area contributed by atoms with Crippen LogP contribution in [0.3, 0.4) is 0 Å². The van der Waals surface area contributed by atoms with Crippen molar-refractivity contribution in [1.82, 2.24) is 9.88 Å². The van der Waals surface area contributed by atoms with Crippen LogP contribution in [0.5, 0.6) is 0 Å². The number of carbonyl (C=O) groups excluding carboxylic acids is 1.